The first-order chi connectivity index (χ1) is 7.22. The Morgan fingerprint density at radius 1 is 1.73 bits per heavy atom. The summed E-state index contributed by atoms with van der Waals surface area (Å²) in [6.07, 6.45) is 1.59. The van der Waals surface area contributed by atoms with Crippen molar-refractivity contribution in [2.24, 2.45) is 10.9 Å². The van der Waals surface area contributed by atoms with E-state index in [9.17, 15) is 0 Å². The highest BCUT2D eigenvalue weighted by atomic mass is 32.1. The van der Waals surface area contributed by atoms with Gasteiger partial charge in [-0.1, -0.05) is 5.16 Å². The fraction of sp³-hybridized carbons (Fsp3) is 0.500. The number of rotatable bonds is 6. The van der Waals surface area contributed by atoms with E-state index >= 15 is 0 Å². The topological polar surface area (TPSA) is 70.6 Å². The molecule has 1 unspecified atom stereocenters. The van der Waals surface area contributed by atoms with Gasteiger partial charge < -0.3 is 16.3 Å². The maximum absolute atomic E-state index is 8.34. The van der Waals surface area contributed by atoms with Crippen LogP contribution in [0.2, 0.25) is 0 Å². The molecule has 0 radical (unpaired) electrons. The number of nitrogens with zero attached hydrogens (tertiary/aromatic N) is 1. The van der Waals surface area contributed by atoms with Gasteiger partial charge in [0.05, 0.1) is 0 Å². The van der Waals surface area contributed by atoms with Gasteiger partial charge in [0.2, 0.25) is 0 Å². The fourth-order valence-electron chi connectivity index (χ4n) is 1.33. The van der Waals surface area contributed by atoms with Crippen LogP contribution in [0.4, 0.5) is 0 Å². The fourth-order valence-corrected chi connectivity index (χ4v) is 2.01. The van der Waals surface area contributed by atoms with Crippen molar-refractivity contribution in [2.45, 2.75) is 25.8 Å². The predicted molar refractivity (Wildman–Crippen MR) is 63.5 cm³/mol. The van der Waals surface area contributed by atoms with E-state index in [0.717, 1.165) is 13.0 Å². The smallest absolute Gasteiger partial charge is 0.140 e. The standard InChI is InChI=1S/C10H17N3OS/c1-8(6-9-3-5-15-7-9)12-4-2-10(11)13-14/h3,5,7-8,12,14H,2,4,6H2,1H3,(H2,11,13). The van der Waals surface area contributed by atoms with E-state index in [1.807, 2.05) is 0 Å². The van der Waals surface area contributed by atoms with E-state index in [2.05, 4.69) is 34.2 Å². The van der Waals surface area contributed by atoms with E-state index in [4.69, 9.17) is 10.9 Å². The van der Waals surface area contributed by atoms with Crippen molar-refractivity contribution in [1.82, 2.24) is 5.32 Å². The van der Waals surface area contributed by atoms with Gasteiger partial charge in [-0.05, 0) is 35.7 Å². The molecule has 5 heteroatoms. The van der Waals surface area contributed by atoms with Crippen LogP contribution in [0.3, 0.4) is 0 Å². The van der Waals surface area contributed by atoms with Crippen LogP contribution in [0.1, 0.15) is 18.9 Å². The highest BCUT2D eigenvalue weighted by molar-refractivity contribution is 7.07. The van der Waals surface area contributed by atoms with E-state index < -0.39 is 0 Å². The van der Waals surface area contributed by atoms with Gasteiger partial charge >= 0.3 is 0 Å². The molecular formula is C10H17N3OS. The highest BCUT2D eigenvalue weighted by Crippen LogP contribution is 2.08. The first kappa shape index (κ1) is 12.0. The number of oxime groups is 1. The molecule has 1 aromatic heterocycles. The molecule has 0 fully saturated rings. The van der Waals surface area contributed by atoms with Gasteiger partial charge in [-0.2, -0.15) is 11.3 Å². The summed E-state index contributed by atoms with van der Waals surface area (Å²) in [6, 6.07) is 2.54. The molecule has 0 aromatic carbocycles. The molecule has 0 aliphatic rings. The van der Waals surface area contributed by atoms with Gasteiger partial charge in [-0.25, -0.2) is 0 Å². The minimum atomic E-state index is 0.269. The SMILES string of the molecule is CC(Cc1ccsc1)NCCC(N)=NO. The molecule has 1 atom stereocenters. The van der Waals surface area contributed by atoms with Crippen molar-refractivity contribution in [3.05, 3.63) is 22.4 Å². The van der Waals surface area contributed by atoms with Crippen molar-refractivity contribution in [3.63, 3.8) is 0 Å². The van der Waals surface area contributed by atoms with Crippen molar-refractivity contribution in [1.29, 1.82) is 0 Å². The van der Waals surface area contributed by atoms with E-state index in [0.29, 0.717) is 12.5 Å². The minimum absolute atomic E-state index is 0.269. The highest BCUT2D eigenvalue weighted by Gasteiger charge is 2.03. The minimum Gasteiger partial charge on any atom is -0.409 e. The lowest BCUT2D eigenvalue weighted by atomic mass is 10.1. The zero-order valence-corrected chi connectivity index (χ0v) is 9.63. The molecule has 4 N–H and O–H groups in total. The average molecular weight is 227 g/mol. The molecule has 0 spiro atoms. The molecule has 0 aliphatic heterocycles. The van der Waals surface area contributed by atoms with Crippen molar-refractivity contribution >= 4 is 17.2 Å². The van der Waals surface area contributed by atoms with Crippen molar-refractivity contribution < 1.29 is 5.21 Å². The second kappa shape index (κ2) is 6.42. The zero-order valence-electron chi connectivity index (χ0n) is 8.81. The van der Waals surface area contributed by atoms with Gasteiger partial charge in [0.1, 0.15) is 5.84 Å². The van der Waals surface area contributed by atoms with E-state index in [1.165, 1.54) is 5.56 Å². The van der Waals surface area contributed by atoms with Gasteiger partial charge in [-0.15, -0.1) is 0 Å². The molecule has 1 aromatic rings. The van der Waals surface area contributed by atoms with Crippen LogP contribution in [0.25, 0.3) is 0 Å². The average Bonchev–Trinajstić information content (AvgIpc) is 2.70. The van der Waals surface area contributed by atoms with Crippen LogP contribution in [0, 0.1) is 0 Å². The number of hydrogen-bond donors (Lipinski definition) is 3. The normalized spacial score (nSPS) is 14.1. The molecule has 0 bridgehead atoms. The molecule has 0 amide bonds. The Balaban J connectivity index is 2.17. The lowest BCUT2D eigenvalue weighted by Gasteiger charge is -2.12. The molecule has 1 heterocycles. The van der Waals surface area contributed by atoms with Crippen LogP contribution < -0.4 is 11.1 Å². The zero-order chi connectivity index (χ0) is 11.1. The van der Waals surface area contributed by atoms with Crippen molar-refractivity contribution in [3.8, 4) is 0 Å². The maximum atomic E-state index is 8.34. The monoisotopic (exact) mass is 227 g/mol. The van der Waals surface area contributed by atoms with Gasteiger partial charge in [-0.3, -0.25) is 0 Å². The largest absolute Gasteiger partial charge is 0.409 e. The van der Waals surface area contributed by atoms with Crippen LogP contribution in [0.5, 0.6) is 0 Å². The Bertz CT molecular complexity index is 298. The number of nitrogens with two attached hydrogens (primary N) is 1. The summed E-state index contributed by atoms with van der Waals surface area (Å²) >= 11 is 1.71. The summed E-state index contributed by atoms with van der Waals surface area (Å²) < 4.78 is 0. The third-order valence-electron chi connectivity index (χ3n) is 2.12. The summed E-state index contributed by atoms with van der Waals surface area (Å²) in [5, 5.41) is 18.8. The Kier molecular flexibility index (Phi) is 5.14. The third kappa shape index (κ3) is 4.80. The van der Waals surface area contributed by atoms with Crippen LogP contribution in [-0.4, -0.2) is 23.6 Å². The number of amidine groups is 1. The predicted octanol–water partition coefficient (Wildman–Crippen LogP) is 1.41. The molecular weight excluding hydrogens is 210 g/mol. The quantitative estimate of drug-likeness (QED) is 0.298. The summed E-state index contributed by atoms with van der Waals surface area (Å²) in [6.45, 7) is 2.87. The Hall–Kier alpha value is -1.07. The molecule has 0 aliphatic carbocycles. The summed E-state index contributed by atoms with van der Waals surface area (Å²) in [5.41, 5.74) is 6.71. The molecule has 4 nitrogen and oxygen atoms in total. The molecule has 0 saturated heterocycles. The second-order valence-corrected chi connectivity index (χ2v) is 4.31. The van der Waals surface area contributed by atoms with Gasteiger partial charge in [0.25, 0.3) is 0 Å². The molecule has 15 heavy (non-hydrogen) atoms. The van der Waals surface area contributed by atoms with Crippen molar-refractivity contribution in [2.75, 3.05) is 6.54 Å². The summed E-state index contributed by atoms with van der Waals surface area (Å²) in [7, 11) is 0. The second-order valence-electron chi connectivity index (χ2n) is 3.53. The first-order valence-corrected chi connectivity index (χ1v) is 5.87. The van der Waals surface area contributed by atoms with Crippen LogP contribution in [-0.2, 0) is 6.42 Å². The number of hydrogen-bond acceptors (Lipinski definition) is 4. The lowest BCUT2D eigenvalue weighted by Crippen LogP contribution is -2.31. The Morgan fingerprint density at radius 3 is 3.13 bits per heavy atom. The van der Waals surface area contributed by atoms with Crippen LogP contribution in [0.15, 0.2) is 22.0 Å². The van der Waals surface area contributed by atoms with Crippen LogP contribution >= 0.6 is 11.3 Å². The summed E-state index contributed by atoms with van der Waals surface area (Å²) in [5.74, 6) is 0.269. The lowest BCUT2D eigenvalue weighted by molar-refractivity contribution is 0.316. The number of nitrogens with one attached hydrogen (secondary N) is 1. The maximum Gasteiger partial charge on any atom is 0.140 e. The Labute approximate surface area is 93.8 Å². The Morgan fingerprint density at radius 2 is 2.53 bits per heavy atom. The van der Waals surface area contributed by atoms with Gasteiger partial charge in [0.15, 0.2) is 0 Å². The molecule has 0 saturated carbocycles. The first-order valence-electron chi connectivity index (χ1n) is 4.93. The van der Waals surface area contributed by atoms with Gasteiger partial charge in [0, 0.05) is 19.0 Å². The molecule has 84 valence electrons. The number of thiophene rings is 1. The summed E-state index contributed by atoms with van der Waals surface area (Å²) in [4.78, 5) is 0. The van der Waals surface area contributed by atoms with E-state index in [-0.39, 0.29) is 5.84 Å². The third-order valence-corrected chi connectivity index (χ3v) is 2.86. The van der Waals surface area contributed by atoms with E-state index in [1.54, 1.807) is 11.3 Å². The molecule has 1 rings (SSSR count).